The zero-order chi connectivity index (χ0) is 15.5. The molecule has 3 rings (SSSR count). The van der Waals surface area contributed by atoms with Gasteiger partial charge in [0.15, 0.2) is 5.82 Å². The van der Waals surface area contributed by atoms with Crippen molar-refractivity contribution in [1.29, 1.82) is 0 Å². The summed E-state index contributed by atoms with van der Waals surface area (Å²) in [5.41, 5.74) is 0.116. The van der Waals surface area contributed by atoms with Crippen LogP contribution in [0.5, 0.6) is 0 Å². The minimum atomic E-state index is -0.484. The molecule has 1 aliphatic rings. The average molecular weight is 303 g/mol. The first-order valence-electron chi connectivity index (χ1n) is 7.55. The molecule has 0 spiro atoms. The Labute approximate surface area is 128 Å². The van der Waals surface area contributed by atoms with Crippen LogP contribution in [0.1, 0.15) is 47.8 Å². The Kier molecular flexibility index (Phi) is 4.18. The molecule has 0 saturated carbocycles. The van der Waals surface area contributed by atoms with E-state index >= 15 is 0 Å². The molecular weight excluding hydrogens is 285 g/mol. The summed E-state index contributed by atoms with van der Waals surface area (Å²) < 4.78 is 18.9. The number of piperidine rings is 1. The third-order valence-electron chi connectivity index (χ3n) is 3.96. The predicted octanol–water partition coefficient (Wildman–Crippen LogP) is 2.79. The van der Waals surface area contributed by atoms with Gasteiger partial charge in [-0.2, -0.15) is 4.98 Å². The van der Waals surface area contributed by atoms with Crippen LogP contribution in [-0.4, -0.2) is 34.0 Å². The van der Waals surface area contributed by atoms with Crippen LogP contribution in [0.4, 0.5) is 4.39 Å². The lowest BCUT2D eigenvalue weighted by Gasteiger charge is -2.31. The zero-order valence-corrected chi connectivity index (χ0v) is 12.5. The van der Waals surface area contributed by atoms with Crippen molar-refractivity contribution in [2.45, 2.75) is 32.1 Å². The van der Waals surface area contributed by atoms with Gasteiger partial charge in [-0.15, -0.1) is 0 Å². The van der Waals surface area contributed by atoms with Crippen molar-refractivity contribution in [3.63, 3.8) is 0 Å². The molecule has 116 valence electrons. The van der Waals surface area contributed by atoms with Gasteiger partial charge in [0.05, 0.1) is 5.56 Å². The molecule has 22 heavy (non-hydrogen) atoms. The maximum absolute atomic E-state index is 13.8. The SMILES string of the molecule is CCc1nc([C@H]2CCCN(C(=O)c3ccccc3F)C2)no1. The lowest BCUT2D eigenvalue weighted by molar-refractivity contribution is 0.0699. The first kappa shape index (κ1) is 14.7. The summed E-state index contributed by atoms with van der Waals surface area (Å²) in [5, 5.41) is 4.00. The number of amides is 1. The summed E-state index contributed by atoms with van der Waals surface area (Å²) in [6.45, 7) is 3.07. The van der Waals surface area contributed by atoms with Crippen molar-refractivity contribution in [1.82, 2.24) is 15.0 Å². The van der Waals surface area contributed by atoms with E-state index in [2.05, 4.69) is 10.1 Å². The molecule has 0 aliphatic carbocycles. The third kappa shape index (κ3) is 2.86. The Morgan fingerprint density at radius 1 is 1.45 bits per heavy atom. The number of hydrogen-bond acceptors (Lipinski definition) is 4. The number of aromatic nitrogens is 2. The number of halogens is 1. The van der Waals surface area contributed by atoms with Gasteiger partial charge < -0.3 is 9.42 Å². The number of nitrogens with zero attached hydrogens (tertiary/aromatic N) is 3. The number of aryl methyl sites for hydroxylation is 1. The Morgan fingerprint density at radius 3 is 3.00 bits per heavy atom. The summed E-state index contributed by atoms with van der Waals surface area (Å²) in [6.07, 6.45) is 2.45. The standard InChI is InChI=1S/C16H18FN3O2/c1-2-14-18-15(19-22-14)11-6-5-9-20(10-11)16(21)12-7-3-4-8-13(12)17/h3-4,7-8,11H,2,5-6,9-10H2,1H3/t11-/m0/s1. The third-order valence-corrected chi connectivity index (χ3v) is 3.96. The lowest BCUT2D eigenvalue weighted by Crippen LogP contribution is -2.39. The Balaban J connectivity index is 1.75. The van der Waals surface area contributed by atoms with Gasteiger partial charge in [-0.05, 0) is 25.0 Å². The highest BCUT2D eigenvalue weighted by Crippen LogP contribution is 2.26. The molecule has 1 aliphatic heterocycles. The zero-order valence-electron chi connectivity index (χ0n) is 12.5. The number of carbonyl (C=O) groups is 1. The van der Waals surface area contributed by atoms with Crippen molar-refractivity contribution in [2.75, 3.05) is 13.1 Å². The highest BCUT2D eigenvalue weighted by atomic mass is 19.1. The molecule has 5 nitrogen and oxygen atoms in total. The molecule has 1 saturated heterocycles. The van der Waals surface area contributed by atoms with Crippen molar-refractivity contribution in [3.8, 4) is 0 Å². The van der Waals surface area contributed by atoms with Gasteiger partial charge in [-0.3, -0.25) is 4.79 Å². The topological polar surface area (TPSA) is 59.2 Å². The van der Waals surface area contributed by atoms with E-state index in [0.29, 0.717) is 31.2 Å². The number of benzene rings is 1. The Bertz CT molecular complexity index is 671. The predicted molar refractivity (Wildman–Crippen MR) is 78.0 cm³/mol. The largest absolute Gasteiger partial charge is 0.339 e. The second-order valence-corrected chi connectivity index (χ2v) is 5.47. The van der Waals surface area contributed by atoms with Crippen LogP contribution in [0, 0.1) is 5.82 Å². The molecule has 1 amide bonds. The molecule has 2 heterocycles. The molecule has 1 aromatic heterocycles. The first-order chi connectivity index (χ1) is 10.7. The Morgan fingerprint density at radius 2 is 2.27 bits per heavy atom. The Hall–Kier alpha value is -2.24. The second kappa shape index (κ2) is 6.25. The van der Waals surface area contributed by atoms with Crippen LogP contribution >= 0.6 is 0 Å². The van der Waals surface area contributed by atoms with Gasteiger partial charge in [0.1, 0.15) is 5.82 Å². The lowest BCUT2D eigenvalue weighted by atomic mass is 9.96. The van der Waals surface area contributed by atoms with Crippen molar-refractivity contribution >= 4 is 5.91 Å². The van der Waals surface area contributed by atoms with Crippen molar-refractivity contribution in [2.24, 2.45) is 0 Å². The van der Waals surface area contributed by atoms with E-state index in [1.54, 1.807) is 17.0 Å². The fraction of sp³-hybridized carbons (Fsp3) is 0.438. The van der Waals surface area contributed by atoms with Crippen LogP contribution in [0.2, 0.25) is 0 Å². The molecule has 1 atom stereocenters. The van der Waals surface area contributed by atoms with Crippen LogP contribution in [0.25, 0.3) is 0 Å². The van der Waals surface area contributed by atoms with E-state index in [1.807, 2.05) is 6.92 Å². The van der Waals surface area contributed by atoms with E-state index in [-0.39, 0.29) is 17.4 Å². The molecule has 2 aromatic rings. The summed E-state index contributed by atoms with van der Waals surface area (Å²) >= 11 is 0. The highest BCUT2D eigenvalue weighted by Gasteiger charge is 2.29. The molecule has 6 heteroatoms. The van der Waals surface area contributed by atoms with Gasteiger partial charge in [0.25, 0.3) is 5.91 Å². The van der Waals surface area contributed by atoms with Gasteiger partial charge in [0, 0.05) is 25.4 Å². The second-order valence-electron chi connectivity index (χ2n) is 5.47. The number of likely N-dealkylation sites (tertiary alicyclic amines) is 1. The minimum absolute atomic E-state index is 0.0496. The summed E-state index contributed by atoms with van der Waals surface area (Å²) in [7, 11) is 0. The number of hydrogen-bond donors (Lipinski definition) is 0. The van der Waals surface area contributed by atoms with E-state index in [4.69, 9.17) is 4.52 Å². The van der Waals surface area contributed by atoms with Gasteiger partial charge in [-0.25, -0.2) is 4.39 Å². The van der Waals surface area contributed by atoms with Crippen LogP contribution in [0.15, 0.2) is 28.8 Å². The summed E-state index contributed by atoms with van der Waals surface area (Å²) in [6, 6.07) is 6.08. The molecule has 1 fully saturated rings. The number of rotatable bonds is 3. The maximum atomic E-state index is 13.8. The van der Waals surface area contributed by atoms with E-state index in [9.17, 15) is 9.18 Å². The molecule has 0 N–H and O–H groups in total. The van der Waals surface area contributed by atoms with E-state index < -0.39 is 5.82 Å². The average Bonchev–Trinajstić information content (AvgIpc) is 3.04. The first-order valence-corrected chi connectivity index (χ1v) is 7.55. The van der Waals surface area contributed by atoms with E-state index in [1.165, 1.54) is 12.1 Å². The molecular formula is C16H18FN3O2. The smallest absolute Gasteiger partial charge is 0.256 e. The molecule has 0 unspecified atom stereocenters. The van der Waals surface area contributed by atoms with Crippen molar-refractivity contribution < 1.29 is 13.7 Å². The van der Waals surface area contributed by atoms with E-state index in [0.717, 1.165) is 12.8 Å². The quantitative estimate of drug-likeness (QED) is 0.875. The fourth-order valence-corrected chi connectivity index (χ4v) is 2.75. The number of carbonyl (C=O) groups excluding carboxylic acids is 1. The normalized spacial score (nSPS) is 18.5. The van der Waals surface area contributed by atoms with Gasteiger partial charge in [0.2, 0.25) is 5.89 Å². The maximum Gasteiger partial charge on any atom is 0.256 e. The van der Waals surface area contributed by atoms with Crippen molar-refractivity contribution in [3.05, 3.63) is 47.4 Å². The highest BCUT2D eigenvalue weighted by molar-refractivity contribution is 5.94. The summed E-state index contributed by atoms with van der Waals surface area (Å²) in [5.74, 6) is 0.536. The van der Waals surface area contributed by atoms with Crippen LogP contribution in [0.3, 0.4) is 0 Å². The van der Waals surface area contributed by atoms with Crippen LogP contribution < -0.4 is 0 Å². The molecule has 0 bridgehead atoms. The molecule has 0 radical (unpaired) electrons. The fourth-order valence-electron chi connectivity index (χ4n) is 2.75. The summed E-state index contributed by atoms with van der Waals surface area (Å²) in [4.78, 5) is 18.5. The minimum Gasteiger partial charge on any atom is -0.339 e. The van der Waals surface area contributed by atoms with Crippen LogP contribution in [-0.2, 0) is 6.42 Å². The monoisotopic (exact) mass is 303 g/mol. The van der Waals surface area contributed by atoms with Gasteiger partial charge >= 0.3 is 0 Å². The molecule has 1 aromatic carbocycles. The van der Waals surface area contributed by atoms with Gasteiger partial charge in [-0.1, -0.05) is 24.2 Å².